The molecule has 1 aromatic heterocycles. The van der Waals surface area contributed by atoms with E-state index >= 15 is 0 Å². The Bertz CT molecular complexity index is 2660. The van der Waals surface area contributed by atoms with Crippen molar-refractivity contribution in [2.75, 3.05) is 0 Å². The molecule has 46 heavy (non-hydrogen) atoms. The third-order valence-corrected chi connectivity index (χ3v) is 10.7. The molecule has 0 aliphatic carbocycles. The Kier molecular flexibility index (Phi) is 5.58. The highest BCUT2D eigenvalue weighted by atomic mass is 32.2. The van der Waals surface area contributed by atoms with Gasteiger partial charge in [0.05, 0.1) is 11.0 Å². The lowest BCUT2D eigenvalue weighted by Crippen LogP contribution is -1.95. The van der Waals surface area contributed by atoms with Crippen LogP contribution in [0.4, 0.5) is 0 Å². The summed E-state index contributed by atoms with van der Waals surface area (Å²) in [5.74, 6) is 0. The maximum absolute atomic E-state index is 2.45. The lowest BCUT2D eigenvalue weighted by atomic mass is 9.93. The fourth-order valence-electron chi connectivity index (χ4n) is 7.52. The number of nitrogens with zero attached hydrogens (tertiary/aromatic N) is 1. The van der Waals surface area contributed by atoms with Crippen LogP contribution in [0, 0.1) is 0 Å². The number of hydrogen-bond acceptors (Lipinski definition) is 1. The van der Waals surface area contributed by atoms with E-state index in [0.29, 0.717) is 0 Å². The van der Waals surface area contributed by atoms with Crippen LogP contribution in [0.1, 0.15) is 0 Å². The zero-order valence-electron chi connectivity index (χ0n) is 24.9. The largest absolute Gasteiger partial charge is 0.309 e. The minimum Gasteiger partial charge on any atom is -0.309 e. The predicted octanol–water partition coefficient (Wildman–Crippen LogP) is 12.6. The van der Waals surface area contributed by atoms with Crippen molar-refractivity contribution in [1.29, 1.82) is 0 Å². The van der Waals surface area contributed by atoms with Gasteiger partial charge in [-0.05, 0) is 86.4 Å². The van der Waals surface area contributed by atoms with Crippen LogP contribution in [0.2, 0.25) is 0 Å². The molecule has 0 bridgehead atoms. The average molecular weight is 602 g/mol. The normalized spacial score (nSPS) is 12.3. The minimum atomic E-state index is 1.17. The Labute approximate surface area is 271 Å². The second-order valence-electron chi connectivity index (χ2n) is 12.1. The van der Waals surface area contributed by atoms with Crippen LogP contribution in [0.3, 0.4) is 0 Å². The Morgan fingerprint density at radius 1 is 0.391 bits per heavy atom. The number of hydrogen-bond donors (Lipinski definition) is 0. The van der Waals surface area contributed by atoms with Crippen molar-refractivity contribution < 1.29 is 0 Å². The third-order valence-electron chi connectivity index (χ3n) is 9.55. The Balaban J connectivity index is 1.19. The molecule has 0 radical (unpaired) electrons. The number of fused-ring (bicyclic) bond motifs is 7. The Morgan fingerprint density at radius 3 is 2.04 bits per heavy atom. The van der Waals surface area contributed by atoms with E-state index in [-0.39, 0.29) is 0 Å². The van der Waals surface area contributed by atoms with E-state index in [2.05, 4.69) is 168 Å². The SMILES string of the molecule is c1ccc(-n2c3ccc4ccccc4c3c3cccc(-c4cccc(-c5ccc6c(c5)-c5cccc7cccc(c57)S6)c4)c32)cc1. The van der Waals surface area contributed by atoms with E-state index in [9.17, 15) is 0 Å². The van der Waals surface area contributed by atoms with Crippen molar-refractivity contribution in [3.63, 3.8) is 0 Å². The first-order valence-corrected chi connectivity index (χ1v) is 16.6. The van der Waals surface area contributed by atoms with Crippen LogP contribution >= 0.6 is 11.8 Å². The van der Waals surface area contributed by atoms with Crippen LogP contribution in [-0.2, 0) is 0 Å². The molecule has 10 rings (SSSR count). The zero-order valence-corrected chi connectivity index (χ0v) is 25.8. The number of aromatic nitrogens is 1. The topological polar surface area (TPSA) is 4.93 Å². The second kappa shape index (κ2) is 9.97. The fourth-order valence-corrected chi connectivity index (χ4v) is 8.65. The van der Waals surface area contributed by atoms with Gasteiger partial charge in [0, 0.05) is 37.2 Å². The molecule has 0 saturated heterocycles. The van der Waals surface area contributed by atoms with Gasteiger partial charge in [0.1, 0.15) is 0 Å². The molecule has 0 unspecified atom stereocenters. The third kappa shape index (κ3) is 3.77. The minimum absolute atomic E-state index is 1.17. The van der Waals surface area contributed by atoms with Crippen molar-refractivity contribution in [2.24, 2.45) is 0 Å². The highest BCUT2D eigenvalue weighted by Crippen LogP contribution is 2.49. The first-order chi connectivity index (χ1) is 22.8. The Hall–Kier alpha value is -5.57. The molecule has 9 aromatic rings. The lowest BCUT2D eigenvalue weighted by Gasteiger charge is -2.21. The number of benzene rings is 8. The molecule has 1 nitrogen and oxygen atoms in total. The molecule has 0 spiro atoms. The summed E-state index contributed by atoms with van der Waals surface area (Å²) in [5.41, 5.74) is 11.2. The summed E-state index contributed by atoms with van der Waals surface area (Å²) in [5, 5.41) is 7.79. The van der Waals surface area contributed by atoms with Crippen LogP contribution in [0.15, 0.2) is 174 Å². The Morgan fingerprint density at radius 2 is 1.11 bits per heavy atom. The molecule has 2 heterocycles. The van der Waals surface area contributed by atoms with Crippen molar-refractivity contribution in [3.8, 4) is 39.1 Å². The summed E-state index contributed by atoms with van der Waals surface area (Å²) in [6.07, 6.45) is 0. The molecular weight excluding hydrogens is 575 g/mol. The summed E-state index contributed by atoms with van der Waals surface area (Å²) in [4.78, 5) is 2.65. The molecule has 0 amide bonds. The van der Waals surface area contributed by atoms with Gasteiger partial charge in [-0.1, -0.05) is 133 Å². The molecule has 0 saturated carbocycles. The summed E-state index contributed by atoms with van der Waals surface area (Å²) in [7, 11) is 0. The van der Waals surface area contributed by atoms with Crippen molar-refractivity contribution in [1.82, 2.24) is 4.57 Å². The molecule has 2 heteroatoms. The predicted molar refractivity (Wildman–Crippen MR) is 196 cm³/mol. The van der Waals surface area contributed by atoms with Crippen molar-refractivity contribution >= 4 is 55.1 Å². The quantitative estimate of drug-likeness (QED) is 0.195. The van der Waals surface area contributed by atoms with Crippen LogP contribution < -0.4 is 0 Å². The van der Waals surface area contributed by atoms with E-state index < -0.39 is 0 Å². The average Bonchev–Trinajstić information content (AvgIpc) is 3.47. The van der Waals surface area contributed by atoms with Gasteiger partial charge in [0.2, 0.25) is 0 Å². The van der Waals surface area contributed by atoms with E-state index in [4.69, 9.17) is 0 Å². The molecule has 1 aliphatic heterocycles. The smallest absolute Gasteiger partial charge is 0.0619 e. The van der Waals surface area contributed by atoms with E-state index in [1.165, 1.54) is 92.2 Å². The van der Waals surface area contributed by atoms with Crippen molar-refractivity contribution in [3.05, 3.63) is 164 Å². The molecule has 1 aliphatic rings. The summed E-state index contributed by atoms with van der Waals surface area (Å²) < 4.78 is 2.45. The molecule has 214 valence electrons. The molecule has 8 aromatic carbocycles. The summed E-state index contributed by atoms with van der Waals surface area (Å²) in [6, 6.07) is 60.2. The highest BCUT2D eigenvalue weighted by Gasteiger charge is 2.21. The van der Waals surface area contributed by atoms with E-state index in [1.807, 2.05) is 11.8 Å². The van der Waals surface area contributed by atoms with E-state index in [0.717, 1.165) is 0 Å². The first kappa shape index (κ1) is 25.7. The monoisotopic (exact) mass is 601 g/mol. The summed E-state index contributed by atoms with van der Waals surface area (Å²) in [6.45, 7) is 0. The van der Waals surface area contributed by atoms with Gasteiger partial charge in [-0.3, -0.25) is 0 Å². The maximum Gasteiger partial charge on any atom is 0.0619 e. The van der Waals surface area contributed by atoms with Crippen LogP contribution in [-0.4, -0.2) is 4.57 Å². The summed E-state index contributed by atoms with van der Waals surface area (Å²) >= 11 is 1.88. The zero-order chi connectivity index (χ0) is 30.2. The maximum atomic E-state index is 2.45. The van der Waals surface area contributed by atoms with Gasteiger partial charge in [-0.15, -0.1) is 0 Å². The second-order valence-corrected chi connectivity index (χ2v) is 13.2. The van der Waals surface area contributed by atoms with Gasteiger partial charge in [0.15, 0.2) is 0 Å². The van der Waals surface area contributed by atoms with E-state index in [1.54, 1.807) is 0 Å². The molecule has 0 atom stereocenters. The van der Waals surface area contributed by atoms with Crippen molar-refractivity contribution in [2.45, 2.75) is 9.79 Å². The van der Waals surface area contributed by atoms with Gasteiger partial charge in [-0.2, -0.15) is 0 Å². The number of para-hydroxylation sites is 2. The molecular formula is C44H27NS. The molecule has 0 fully saturated rings. The van der Waals surface area contributed by atoms with Crippen LogP contribution in [0.5, 0.6) is 0 Å². The first-order valence-electron chi connectivity index (χ1n) is 15.8. The highest BCUT2D eigenvalue weighted by molar-refractivity contribution is 7.99. The van der Waals surface area contributed by atoms with Gasteiger partial charge < -0.3 is 4.57 Å². The fraction of sp³-hybridized carbons (Fsp3) is 0. The van der Waals surface area contributed by atoms with Crippen LogP contribution in [0.25, 0.3) is 82.4 Å². The number of rotatable bonds is 3. The van der Waals surface area contributed by atoms with Gasteiger partial charge in [-0.25, -0.2) is 0 Å². The standard InChI is InChI=1S/C44H27NS/c1-2-15-33(16-3-1)45-39-24-22-28-10-4-5-17-34(28)43(39)37-20-9-18-35(44(37)45)32-14-6-13-30(26-32)31-23-25-40-38(27-31)36-19-7-11-29-12-8-21-41(46-40)42(29)36/h1-27H. The lowest BCUT2D eigenvalue weighted by molar-refractivity contribution is 1.18. The van der Waals surface area contributed by atoms with Gasteiger partial charge >= 0.3 is 0 Å². The molecule has 0 N–H and O–H groups in total. The van der Waals surface area contributed by atoms with Gasteiger partial charge in [0.25, 0.3) is 0 Å².